The Morgan fingerprint density at radius 3 is 2.53 bits per heavy atom. The van der Waals surface area contributed by atoms with Crippen LogP contribution >= 0.6 is 11.8 Å². The first-order valence-corrected chi connectivity index (χ1v) is 5.67. The largest absolute Gasteiger partial charge is 0.478 e. The van der Waals surface area contributed by atoms with E-state index in [1.807, 2.05) is 19.1 Å². The third-order valence-corrected chi connectivity index (χ3v) is 2.94. The van der Waals surface area contributed by atoms with Gasteiger partial charge in [0.05, 0.1) is 0 Å². The van der Waals surface area contributed by atoms with Crippen LogP contribution in [-0.2, 0) is 4.79 Å². The molecule has 0 aromatic heterocycles. The number of benzene rings is 1. The second-order valence-corrected chi connectivity index (χ2v) is 4.41. The average Bonchev–Trinajstić information content (AvgIpc) is 2.20. The zero-order valence-corrected chi connectivity index (χ0v) is 9.67. The molecule has 0 aliphatic carbocycles. The predicted molar refractivity (Wildman–Crippen MR) is 63.3 cm³/mol. The van der Waals surface area contributed by atoms with Gasteiger partial charge in [0, 0.05) is 16.2 Å². The smallest absolute Gasteiger partial charge is 0.330 e. The molecule has 1 rings (SSSR count). The number of aryl methyl sites for hydroxylation is 1. The van der Waals surface area contributed by atoms with Crippen LogP contribution in [0.3, 0.4) is 0 Å². The Balaban J connectivity index is 2.48. The zero-order valence-electron chi connectivity index (χ0n) is 8.86. The van der Waals surface area contributed by atoms with Gasteiger partial charge in [-0.05, 0) is 26.0 Å². The molecule has 0 unspecified atom stereocenters. The summed E-state index contributed by atoms with van der Waals surface area (Å²) in [5, 5.41) is 8.64. The number of hydrogen-bond donors (Lipinski definition) is 1. The van der Waals surface area contributed by atoms with E-state index < -0.39 is 5.97 Å². The molecule has 0 saturated carbocycles. The average molecular weight is 222 g/mol. The van der Waals surface area contributed by atoms with Crippen LogP contribution in [0.2, 0.25) is 0 Å². The maximum atomic E-state index is 10.5. The third kappa shape index (κ3) is 4.21. The van der Waals surface area contributed by atoms with Gasteiger partial charge < -0.3 is 5.11 Å². The van der Waals surface area contributed by atoms with Gasteiger partial charge in [-0.25, -0.2) is 4.79 Å². The maximum Gasteiger partial charge on any atom is 0.330 e. The Kier molecular flexibility index (Phi) is 4.43. The number of aliphatic carboxylic acids is 1. The highest BCUT2D eigenvalue weighted by atomic mass is 32.2. The van der Waals surface area contributed by atoms with E-state index in [0.717, 1.165) is 4.90 Å². The van der Waals surface area contributed by atoms with Gasteiger partial charge in [0.15, 0.2) is 0 Å². The normalized spacial score (nSPS) is 11.5. The summed E-state index contributed by atoms with van der Waals surface area (Å²) in [5.74, 6) is -0.152. The van der Waals surface area contributed by atoms with Crippen molar-refractivity contribution in [3.8, 4) is 0 Å². The minimum Gasteiger partial charge on any atom is -0.478 e. The third-order valence-electron chi connectivity index (χ3n) is 2.00. The van der Waals surface area contributed by atoms with Crippen molar-refractivity contribution >= 4 is 17.7 Å². The first-order chi connectivity index (χ1) is 7.09. The van der Waals surface area contributed by atoms with Gasteiger partial charge in [-0.2, -0.15) is 0 Å². The van der Waals surface area contributed by atoms with Crippen molar-refractivity contribution in [3.63, 3.8) is 0 Å². The van der Waals surface area contributed by atoms with E-state index in [1.54, 1.807) is 24.8 Å². The number of hydrogen-bond acceptors (Lipinski definition) is 2. The molecule has 2 nitrogen and oxygen atoms in total. The summed E-state index contributed by atoms with van der Waals surface area (Å²) in [6.07, 6.45) is 1.73. The molecule has 3 heteroatoms. The molecule has 0 atom stereocenters. The fourth-order valence-corrected chi connectivity index (χ4v) is 1.84. The minimum absolute atomic E-state index is 0.398. The Morgan fingerprint density at radius 1 is 1.40 bits per heavy atom. The van der Waals surface area contributed by atoms with Crippen molar-refractivity contribution < 1.29 is 9.90 Å². The van der Waals surface area contributed by atoms with E-state index in [4.69, 9.17) is 5.11 Å². The van der Waals surface area contributed by atoms with Crippen molar-refractivity contribution in [2.45, 2.75) is 18.7 Å². The van der Waals surface area contributed by atoms with Crippen molar-refractivity contribution in [1.82, 2.24) is 0 Å². The molecule has 1 N–H and O–H groups in total. The highest BCUT2D eigenvalue weighted by Crippen LogP contribution is 2.18. The van der Waals surface area contributed by atoms with E-state index in [1.165, 1.54) is 5.56 Å². The second kappa shape index (κ2) is 5.61. The van der Waals surface area contributed by atoms with Crippen LogP contribution in [0.25, 0.3) is 0 Å². The van der Waals surface area contributed by atoms with E-state index in [9.17, 15) is 4.79 Å². The zero-order chi connectivity index (χ0) is 11.3. The van der Waals surface area contributed by atoms with Gasteiger partial charge in [0.25, 0.3) is 0 Å². The quantitative estimate of drug-likeness (QED) is 0.628. The molecule has 1 aromatic carbocycles. The van der Waals surface area contributed by atoms with Crippen LogP contribution in [0.1, 0.15) is 12.5 Å². The molecule has 0 radical (unpaired) electrons. The molecule has 80 valence electrons. The number of carboxylic acid groups (broad SMARTS) is 1. The van der Waals surface area contributed by atoms with Crippen LogP contribution < -0.4 is 0 Å². The molecule has 0 spiro atoms. The lowest BCUT2D eigenvalue weighted by atomic mass is 10.2. The summed E-state index contributed by atoms with van der Waals surface area (Å²) in [6, 6.07) is 8.19. The van der Waals surface area contributed by atoms with Crippen molar-refractivity contribution in [3.05, 3.63) is 41.5 Å². The van der Waals surface area contributed by atoms with Crippen LogP contribution in [0, 0.1) is 6.92 Å². The topological polar surface area (TPSA) is 37.3 Å². The maximum absolute atomic E-state index is 10.5. The van der Waals surface area contributed by atoms with Crippen LogP contribution in [0.5, 0.6) is 0 Å². The lowest BCUT2D eigenvalue weighted by Crippen LogP contribution is -1.96. The molecular formula is C12H14O2S. The monoisotopic (exact) mass is 222 g/mol. The van der Waals surface area contributed by atoms with Gasteiger partial charge in [-0.1, -0.05) is 23.8 Å². The van der Waals surface area contributed by atoms with Crippen LogP contribution in [-0.4, -0.2) is 16.8 Å². The SMILES string of the molecule is CC(=CCSc1ccc(C)cc1)C(=O)O. The van der Waals surface area contributed by atoms with Gasteiger partial charge in [0.2, 0.25) is 0 Å². The Bertz CT molecular complexity index is 366. The van der Waals surface area contributed by atoms with Crippen molar-refractivity contribution in [2.24, 2.45) is 0 Å². The van der Waals surface area contributed by atoms with Crippen molar-refractivity contribution in [1.29, 1.82) is 0 Å². The first-order valence-electron chi connectivity index (χ1n) is 4.69. The first kappa shape index (κ1) is 11.9. The van der Waals surface area contributed by atoms with Gasteiger partial charge >= 0.3 is 5.97 Å². The Hall–Kier alpha value is -1.22. The minimum atomic E-state index is -0.848. The number of carbonyl (C=O) groups is 1. The lowest BCUT2D eigenvalue weighted by Gasteiger charge is -1.99. The molecule has 0 saturated heterocycles. The molecular weight excluding hydrogens is 208 g/mol. The molecule has 1 aromatic rings. The fourth-order valence-electron chi connectivity index (χ4n) is 0.985. The fraction of sp³-hybridized carbons (Fsp3) is 0.250. The summed E-state index contributed by atoms with van der Waals surface area (Å²) in [6.45, 7) is 3.65. The molecule has 0 aliphatic heterocycles. The highest BCUT2D eigenvalue weighted by Gasteiger charge is 1.98. The van der Waals surface area contributed by atoms with Crippen LogP contribution in [0.4, 0.5) is 0 Å². The number of rotatable bonds is 4. The Labute approximate surface area is 94.0 Å². The summed E-state index contributed by atoms with van der Waals surface area (Å²) in [5.41, 5.74) is 1.63. The molecule has 0 amide bonds. The molecule has 0 fully saturated rings. The van der Waals surface area contributed by atoms with E-state index in [0.29, 0.717) is 11.3 Å². The van der Waals surface area contributed by atoms with E-state index >= 15 is 0 Å². The second-order valence-electron chi connectivity index (χ2n) is 3.32. The summed E-state index contributed by atoms with van der Waals surface area (Å²) < 4.78 is 0. The number of thioether (sulfide) groups is 1. The number of carboxylic acids is 1. The van der Waals surface area contributed by atoms with Gasteiger partial charge in [-0.3, -0.25) is 0 Å². The Morgan fingerprint density at radius 2 is 2.00 bits per heavy atom. The molecule has 0 heterocycles. The van der Waals surface area contributed by atoms with E-state index in [-0.39, 0.29) is 0 Å². The highest BCUT2D eigenvalue weighted by molar-refractivity contribution is 7.99. The van der Waals surface area contributed by atoms with Crippen LogP contribution in [0.15, 0.2) is 40.8 Å². The van der Waals surface area contributed by atoms with E-state index in [2.05, 4.69) is 12.1 Å². The van der Waals surface area contributed by atoms with Gasteiger partial charge in [0.1, 0.15) is 0 Å². The standard InChI is InChI=1S/C12H14O2S/c1-9-3-5-11(6-4-9)15-8-7-10(2)12(13)14/h3-7H,8H2,1-2H3,(H,13,14). The molecule has 0 bridgehead atoms. The lowest BCUT2D eigenvalue weighted by molar-refractivity contribution is -0.132. The predicted octanol–water partition coefficient (Wildman–Crippen LogP) is 3.12. The molecule has 0 aliphatic rings. The summed E-state index contributed by atoms with van der Waals surface area (Å²) in [7, 11) is 0. The summed E-state index contributed by atoms with van der Waals surface area (Å²) in [4.78, 5) is 11.7. The molecule has 15 heavy (non-hydrogen) atoms. The summed E-state index contributed by atoms with van der Waals surface area (Å²) >= 11 is 1.64. The van der Waals surface area contributed by atoms with Gasteiger partial charge in [-0.15, -0.1) is 11.8 Å². The van der Waals surface area contributed by atoms with Crippen molar-refractivity contribution in [2.75, 3.05) is 5.75 Å².